The van der Waals surface area contributed by atoms with Crippen LogP contribution in [0.2, 0.25) is 0 Å². The van der Waals surface area contributed by atoms with Crippen LogP contribution in [0.25, 0.3) is 11.1 Å². The Kier molecular flexibility index (Phi) is 10.8. The van der Waals surface area contributed by atoms with Crippen LogP contribution < -0.4 is 10.6 Å². The summed E-state index contributed by atoms with van der Waals surface area (Å²) in [5, 5.41) is 15.2. The summed E-state index contributed by atoms with van der Waals surface area (Å²) < 4.78 is 17.5. The van der Waals surface area contributed by atoms with Crippen molar-refractivity contribution < 1.29 is 33.7 Å². The summed E-state index contributed by atoms with van der Waals surface area (Å²) in [6.07, 6.45) is -2.54. The van der Waals surface area contributed by atoms with Crippen molar-refractivity contribution in [2.24, 2.45) is 0 Å². The van der Waals surface area contributed by atoms with Crippen LogP contribution in [0.4, 0.5) is 4.79 Å². The summed E-state index contributed by atoms with van der Waals surface area (Å²) >= 11 is 0. The fraction of sp³-hybridized carbons (Fsp3) is 0.270. The lowest BCUT2D eigenvalue weighted by molar-refractivity contribution is -0.147. The topological polar surface area (TPSA) is 123 Å². The van der Waals surface area contributed by atoms with Crippen LogP contribution in [0.15, 0.2) is 109 Å². The molecule has 0 bridgehead atoms. The predicted octanol–water partition coefficient (Wildman–Crippen LogP) is 5.67. The van der Waals surface area contributed by atoms with E-state index >= 15 is 0 Å². The first-order valence-corrected chi connectivity index (χ1v) is 15.3. The van der Waals surface area contributed by atoms with Crippen molar-refractivity contribution in [1.82, 2.24) is 10.6 Å². The third-order valence-electron chi connectivity index (χ3n) is 8.11. The standard InChI is InChI=1S/C37H38N2O7/c1-24(44-21-26-13-5-3-6-14-26)33(35(40)38-34(36(41)42)25(2)45-22-27-15-7-4-8-16-27)39-37(43)46-23-32-30-19-11-9-17-28(30)29-18-10-12-20-31(29)32/h3-20,24-25,32-34H,21-23H2,1-2H3,(H,38,40)(H,39,43)(H,41,42)/t24-,25+,33+,34-/m0/s1. The minimum Gasteiger partial charge on any atom is -0.480 e. The number of carboxylic acid groups (broad SMARTS) is 1. The van der Waals surface area contributed by atoms with Crippen molar-refractivity contribution in [2.45, 2.75) is 57.3 Å². The quantitative estimate of drug-likeness (QED) is 0.166. The zero-order chi connectivity index (χ0) is 32.5. The molecule has 2 amide bonds. The molecule has 0 unspecified atom stereocenters. The molecule has 5 rings (SSSR count). The number of fused-ring (bicyclic) bond motifs is 3. The first kappa shape index (κ1) is 32.4. The number of rotatable bonds is 14. The van der Waals surface area contributed by atoms with Crippen LogP contribution in [0.3, 0.4) is 0 Å². The summed E-state index contributed by atoms with van der Waals surface area (Å²) in [5.74, 6) is -2.18. The van der Waals surface area contributed by atoms with Crippen molar-refractivity contribution in [1.29, 1.82) is 0 Å². The van der Waals surface area contributed by atoms with E-state index in [1.54, 1.807) is 13.8 Å². The van der Waals surface area contributed by atoms with Crippen LogP contribution in [0.1, 0.15) is 42.0 Å². The molecule has 4 aromatic carbocycles. The number of carboxylic acids is 1. The third-order valence-corrected chi connectivity index (χ3v) is 8.11. The molecule has 46 heavy (non-hydrogen) atoms. The van der Waals surface area contributed by atoms with Crippen molar-refractivity contribution in [3.05, 3.63) is 131 Å². The number of alkyl carbamates (subject to hydrolysis) is 1. The molecular formula is C37H38N2O7. The number of ether oxygens (including phenoxy) is 3. The molecule has 9 heteroatoms. The highest BCUT2D eigenvalue weighted by atomic mass is 16.5. The van der Waals surface area contributed by atoms with Gasteiger partial charge in [0.1, 0.15) is 12.6 Å². The van der Waals surface area contributed by atoms with Gasteiger partial charge < -0.3 is 30.0 Å². The van der Waals surface area contributed by atoms with Crippen molar-refractivity contribution >= 4 is 18.0 Å². The molecule has 0 saturated heterocycles. The van der Waals surface area contributed by atoms with Gasteiger partial charge in [0.15, 0.2) is 6.04 Å². The molecule has 9 nitrogen and oxygen atoms in total. The van der Waals surface area contributed by atoms with Gasteiger partial charge >= 0.3 is 12.1 Å². The van der Waals surface area contributed by atoms with E-state index in [9.17, 15) is 19.5 Å². The molecule has 0 aliphatic heterocycles. The number of carbonyl (C=O) groups is 3. The molecule has 0 heterocycles. The van der Waals surface area contributed by atoms with E-state index in [2.05, 4.69) is 10.6 Å². The molecule has 0 fully saturated rings. The van der Waals surface area contributed by atoms with E-state index in [1.165, 1.54) is 0 Å². The highest BCUT2D eigenvalue weighted by Crippen LogP contribution is 2.44. The van der Waals surface area contributed by atoms with Gasteiger partial charge in [0.2, 0.25) is 5.91 Å². The summed E-state index contributed by atoms with van der Waals surface area (Å²) in [5.41, 5.74) is 6.04. The van der Waals surface area contributed by atoms with Gasteiger partial charge in [0.25, 0.3) is 0 Å². The number of amides is 2. The Morgan fingerprint density at radius 2 is 1.11 bits per heavy atom. The Morgan fingerprint density at radius 3 is 1.61 bits per heavy atom. The zero-order valence-corrected chi connectivity index (χ0v) is 25.8. The van der Waals surface area contributed by atoms with E-state index in [0.717, 1.165) is 33.4 Å². The summed E-state index contributed by atoms with van der Waals surface area (Å²) in [6, 6.07) is 32.0. The molecule has 0 saturated carbocycles. The molecule has 3 N–H and O–H groups in total. The second kappa shape index (κ2) is 15.3. The Labute approximate surface area is 268 Å². The number of hydrogen-bond acceptors (Lipinski definition) is 6. The average Bonchev–Trinajstić information content (AvgIpc) is 3.40. The number of carbonyl (C=O) groups excluding carboxylic acids is 2. The second-order valence-electron chi connectivity index (χ2n) is 11.3. The van der Waals surface area contributed by atoms with Crippen molar-refractivity contribution in [3.8, 4) is 11.1 Å². The SMILES string of the molecule is C[C@H](OCc1ccccc1)[C@@H](NC(=O)OCC1c2ccccc2-c2ccccc21)C(=O)N[C@H](C(=O)O)[C@@H](C)OCc1ccccc1. The lowest BCUT2D eigenvalue weighted by atomic mass is 9.98. The van der Waals surface area contributed by atoms with Gasteiger partial charge in [-0.3, -0.25) is 4.79 Å². The van der Waals surface area contributed by atoms with Crippen LogP contribution in [-0.2, 0) is 37.0 Å². The van der Waals surface area contributed by atoms with Crippen LogP contribution in [0, 0.1) is 0 Å². The van der Waals surface area contributed by atoms with Crippen molar-refractivity contribution in [2.75, 3.05) is 6.61 Å². The van der Waals surface area contributed by atoms with E-state index < -0.39 is 42.3 Å². The highest BCUT2D eigenvalue weighted by Gasteiger charge is 2.35. The third kappa shape index (κ3) is 7.99. The fourth-order valence-electron chi connectivity index (χ4n) is 5.58. The maximum atomic E-state index is 13.6. The van der Waals surface area contributed by atoms with Gasteiger partial charge in [-0.05, 0) is 47.2 Å². The van der Waals surface area contributed by atoms with Crippen LogP contribution in [0.5, 0.6) is 0 Å². The maximum absolute atomic E-state index is 13.6. The number of nitrogens with one attached hydrogen (secondary N) is 2. The van der Waals surface area contributed by atoms with E-state index in [0.29, 0.717) is 0 Å². The van der Waals surface area contributed by atoms with Gasteiger partial charge in [0.05, 0.1) is 25.4 Å². The molecule has 0 spiro atoms. The monoisotopic (exact) mass is 622 g/mol. The van der Waals surface area contributed by atoms with Crippen LogP contribution >= 0.6 is 0 Å². The zero-order valence-electron chi connectivity index (χ0n) is 25.8. The Bertz CT molecular complexity index is 1580. The Balaban J connectivity index is 1.27. The maximum Gasteiger partial charge on any atom is 0.407 e. The largest absolute Gasteiger partial charge is 0.480 e. The Hall–Kier alpha value is -4.99. The van der Waals surface area contributed by atoms with E-state index in [-0.39, 0.29) is 25.7 Å². The summed E-state index contributed by atoms with van der Waals surface area (Å²) in [4.78, 5) is 39.1. The lowest BCUT2D eigenvalue weighted by Gasteiger charge is -2.28. The second-order valence-corrected chi connectivity index (χ2v) is 11.3. The molecule has 238 valence electrons. The first-order valence-electron chi connectivity index (χ1n) is 15.3. The summed E-state index contributed by atoms with van der Waals surface area (Å²) in [7, 11) is 0. The smallest absolute Gasteiger partial charge is 0.407 e. The van der Waals surface area contributed by atoms with E-state index in [4.69, 9.17) is 14.2 Å². The molecule has 0 aromatic heterocycles. The first-order chi connectivity index (χ1) is 22.3. The van der Waals surface area contributed by atoms with Gasteiger partial charge in [0, 0.05) is 5.92 Å². The summed E-state index contributed by atoms with van der Waals surface area (Å²) in [6.45, 7) is 3.61. The average molecular weight is 623 g/mol. The molecule has 1 aliphatic rings. The molecular weight excluding hydrogens is 584 g/mol. The van der Waals surface area contributed by atoms with Gasteiger partial charge in [-0.15, -0.1) is 0 Å². The Morgan fingerprint density at radius 1 is 0.652 bits per heavy atom. The van der Waals surface area contributed by atoms with Crippen LogP contribution in [-0.4, -0.2) is 54.0 Å². The number of benzene rings is 4. The molecule has 4 atom stereocenters. The highest BCUT2D eigenvalue weighted by molar-refractivity contribution is 5.90. The molecule has 4 aromatic rings. The van der Waals surface area contributed by atoms with E-state index in [1.807, 2.05) is 109 Å². The number of hydrogen-bond donors (Lipinski definition) is 3. The normalized spacial score (nSPS) is 14.7. The lowest BCUT2D eigenvalue weighted by Crippen LogP contribution is -2.58. The van der Waals surface area contributed by atoms with Crippen molar-refractivity contribution in [3.63, 3.8) is 0 Å². The van der Waals surface area contributed by atoms with Gasteiger partial charge in [-0.25, -0.2) is 9.59 Å². The minimum atomic E-state index is -1.38. The minimum absolute atomic E-state index is 0.0512. The number of aliphatic carboxylic acids is 1. The predicted molar refractivity (Wildman–Crippen MR) is 173 cm³/mol. The van der Waals surface area contributed by atoms with Gasteiger partial charge in [-0.1, -0.05) is 109 Å². The fourth-order valence-corrected chi connectivity index (χ4v) is 5.58. The van der Waals surface area contributed by atoms with Gasteiger partial charge in [-0.2, -0.15) is 0 Å². The molecule has 1 aliphatic carbocycles. The molecule has 0 radical (unpaired) electrons.